The third kappa shape index (κ3) is 27.9. The van der Waals surface area contributed by atoms with Crippen molar-refractivity contribution in [1.29, 1.82) is 0 Å². The average Bonchev–Trinajstić information content (AvgIpc) is 1.73. The van der Waals surface area contributed by atoms with Gasteiger partial charge in [-0.05, 0) is 125 Å². The van der Waals surface area contributed by atoms with E-state index in [4.69, 9.17) is 20.2 Å². The number of hydrogen-bond donors (Lipinski definition) is 9. The maximum atomic E-state index is 15.1. The molecule has 3 aromatic rings. The zero-order valence-corrected chi connectivity index (χ0v) is 60.9. The van der Waals surface area contributed by atoms with E-state index in [2.05, 4.69) is 49.7 Å². The molecule has 3 heterocycles. The molecule has 0 radical (unpaired) electrons. The van der Waals surface area contributed by atoms with E-state index in [0.29, 0.717) is 66.9 Å². The summed E-state index contributed by atoms with van der Waals surface area (Å²) in [4.78, 5) is 168. The molecule has 0 spiro atoms. The molecule has 0 bridgehead atoms. The number of amides is 12. The number of likely N-dealkylation sites (N-methyl/N-ethyl adjacent to an activating group) is 1. The number of anilines is 1. The van der Waals surface area contributed by atoms with Gasteiger partial charge < -0.3 is 52.0 Å². The molecule has 0 aliphatic carbocycles. The van der Waals surface area contributed by atoms with Gasteiger partial charge in [0.05, 0.1) is 6.04 Å². The Bertz CT molecular complexity index is 3280. The number of nitrogens with zero attached hydrogens (tertiary/aromatic N) is 4. The quantitative estimate of drug-likeness (QED) is 0.0115. The van der Waals surface area contributed by atoms with Crippen molar-refractivity contribution in [3.63, 3.8) is 0 Å². The number of likely N-dealkylation sites (tertiary alicyclic amines) is 1. The fraction of sp³-hybridized carbons (Fsp3) is 0.597. The van der Waals surface area contributed by atoms with Gasteiger partial charge >= 0.3 is 18.1 Å². The van der Waals surface area contributed by atoms with E-state index in [1.54, 1.807) is 45.0 Å². The molecular formula is C72H106FN13O14S. The molecule has 2 aromatic carbocycles. The number of rotatable bonds is 41. The molecule has 0 saturated carbocycles. The van der Waals surface area contributed by atoms with E-state index >= 15 is 4.79 Å². The number of hydrogen-bond acceptors (Lipinski definition) is 17. The van der Waals surface area contributed by atoms with Crippen LogP contribution in [0.1, 0.15) is 198 Å². The summed E-state index contributed by atoms with van der Waals surface area (Å²) < 4.78 is 25.5. The van der Waals surface area contributed by atoms with Crippen LogP contribution in [0.25, 0.3) is 0 Å². The lowest BCUT2D eigenvalue weighted by Gasteiger charge is -2.40. The summed E-state index contributed by atoms with van der Waals surface area (Å²) >= 11 is 1.11. The summed E-state index contributed by atoms with van der Waals surface area (Å²) in [6, 6.07) is 6.63. The van der Waals surface area contributed by atoms with Crippen molar-refractivity contribution in [2.45, 2.75) is 220 Å². The van der Waals surface area contributed by atoms with Gasteiger partial charge in [0.25, 0.3) is 17.7 Å². The number of ether oxygens (including phenoxy) is 2. The Labute approximate surface area is 596 Å². The molecule has 9 atom stereocenters. The number of thiazole rings is 1. The van der Waals surface area contributed by atoms with E-state index in [-0.39, 0.29) is 111 Å². The molecule has 2 aliphatic rings. The van der Waals surface area contributed by atoms with Gasteiger partial charge in [0, 0.05) is 80.6 Å². The maximum Gasteiger partial charge on any atom is 0.426 e. The highest BCUT2D eigenvalue weighted by molar-refractivity contribution is 7.09. The van der Waals surface area contributed by atoms with Gasteiger partial charge in [-0.25, -0.2) is 24.4 Å². The van der Waals surface area contributed by atoms with Gasteiger partial charge in [-0.15, -0.1) is 11.3 Å². The van der Waals surface area contributed by atoms with Crippen molar-refractivity contribution in [2.75, 3.05) is 38.5 Å². The van der Waals surface area contributed by atoms with Gasteiger partial charge in [0.15, 0.2) is 6.10 Å². The van der Waals surface area contributed by atoms with Gasteiger partial charge in [-0.1, -0.05) is 118 Å². The first-order valence-corrected chi connectivity index (χ1v) is 36.2. The number of nitrogens with one attached hydrogen (secondary N) is 8. The smallest absolute Gasteiger partial charge is 0.426 e. The largest absolute Gasteiger partial charge is 0.455 e. The topological polar surface area (TPSA) is 368 Å². The molecule has 556 valence electrons. The molecule has 0 unspecified atom stereocenters. The summed E-state index contributed by atoms with van der Waals surface area (Å²) in [6.45, 7) is 17.7. The number of carbonyl (C=O) groups is 12. The number of imide groups is 1. The number of piperidine rings is 1. The van der Waals surface area contributed by atoms with Crippen molar-refractivity contribution in [2.24, 2.45) is 29.4 Å². The van der Waals surface area contributed by atoms with Crippen LogP contribution in [-0.2, 0) is 65.7 Å². The minimum Gasteiger partial charge on any atom is -0.455 e. The molecule has 1 saturated heterocycles. The van der Waals surface area contributed by atoms with Crippen molar-refractivity contribution < 1.29 is 71.4 Å². The van der Waals surface area contributed by atoms with Gasteiger partial charge in [-0.3, -0.25) is 63.2 Å². The molecule has 12 amide bonds. The molecule has 1 fully saturated rings. The number of unbranched alkanes of at least 4 members (excludes halogenated alkanes) is 5. The van der Waals surface area contributed by atoms with Gasteiger partial charge in [-0.2, -0.15) is 0 Å². The highest BCUT2D eigenvalue weighted by Gasteiger charge is 2.39. The molecule has 2 aliphatic heterocycles. The number of benzene rings is 2. The van der Waals surface area contributed by atoms with Crippen molar-refractivity contribution in [3.8, 4) is 0 Å². The Morgan fingerprint density at radius 1 is 0.752 bits per heavy atom. The van der Waals surface area contributed by atoms with Gasteiger partial charge in [0.2, 0.25) is 35.4 Å². The Morgan fingerprint density at radius 2 is 1.44 bits per heavy atom. The normalized spacial score (nSPS) is 16.2. The van der Waals surface area contributed by atoms with E-state index in [1.165, 1.54) is 48.7 Å². The van der Waals surface area contributed by atoms with Crippen molar-refractivity contribution >= 4 is 88.3 Å². The number of hydrazine groups is 1. The summed E-state index contributed by atoms with van der Waals surface area (Å²) in [6.07, 6.45) is 9.46. The molecule has 5 rings (SSSR count). The van der Waals surface area contributed by atoms with E-state index < -0.39 is 95.7 Å². The second kappa shape index (κ2) is 42.4. The zero-order valence-electron chi connectivity index (χ0n) is 60.1. The number of aromatic nitrogens is 1. The monoisotopic (exact) mass is 1430 g/mol. The first-order chi connectivity index (χ1) is 48.1. The van der Waals surface area contributed by atoms with Crippen LogP contribution in [-0.4, -0.2) is 160 Å². The second-order valence-electron chi connectivity index (χ2n) is 26.9. The lowest BCUT2D eigenvalue weighted by atomic mass is 9.91. The molecule has 27 nitrogen and oxygen atoms in total. The SMILES string of the molecule is CCCCCCN(C(=O)[C@@H](NC(=O)[C@H]1CCCCN1C)[C@@H](C)CC)[C@H](C[C@@H](OC(C)=O)c1nc(C(=O)N[C@@H](Cc2ccc(F)cc2)C[C@H](C)C(=O)NNC(=O)OCc2ccc(NC(=O)[C@H](CCCNC(N)=O)NC(=O)[C@@H](NC(=O)CCCCCN3C(=O)C=CC3=O)C(C)C)cc2)cs1)C(C)C. The third-order valence-electron chi connectivity index (χ3n) is 18.1. The highest BCUT2D eigenvalue weighted by Crippen LogP contribution is 2.33. The first kappa shape index (κ1) is 82.8. The number of halogens is 1. The average molecular weight is 1430 g/mol. The number of nitrogens with two attached hydrogens (primary N) is 1. The first-order valence-electron chi connectivity index (χ1n) is 35.4. The lowest BCUT2D eigenvalue weighted by molar-refractivity contribution is -0.150. The summed E-state index contributed by atoms with van der Waals surface area (Å²) in [5.41, 5.74) is 11.3. The minimum absolute atomic E-state index is 0.000580. The summed E-state index contributed by atoms with van der Waals surface area (Å²) in [5, 5.41) is 18.7. The predicted molar refractivity (Wildman–Crippen MR) is 379 cm³/mol. The van der Waals surface area contributed by atoms with Crippen LogP contribution in [0.5, 0.6) is 0 Å². The Balaban J connectivity index is 1.19. The Morgan fingerprint density at radius 3 is 2.07 bits per heavy atom. The third-order valence-corrected chi connectivity index (χ3v) is 19.0. The van der Waals surface area contributed by atoms with Gasteiger partial charge in [0.1, 0.15) is 41.3 Å². The van der Waals surface area contributed by atoms with Crippen LogP contribution < -0.4 is 48.5 Å². The van der Waals surface area contributed by atoms with Crippen LogP contribution in [0.3, 0.4) is 0 Å². The fourth-order valence-corrected chi connectivity index (χ4v) is 12.9. The van der Waals surface area contributed by atoms with E-state index in [0.717, 1.165) is 54.9 Å². The number of primary amides is 1. The standard InChI is InChI=1S/C72H106FN13O14S/c1-11-13-14-18-37-85(70(96)63(46(7)12-2)81-67(94)56-23-17-20-36-84(56)10)57(44(3)4)41-58(100-48(9)87)69-79-55(43-101-69)66(93)77-53(40-49-25-29-51(73)30-26-49)39-47(8)64(91)82-83-72(98)99-42-50-27-31-52(32-28-50)76-65(92)54(22-21-35-75-71(74)97)78-68(95)62(45(5)6)80-59(88)24-16-15-19-38-86-60(89)33-34-61(86)90/h25-34,43-47,53-54,56-58,62-63H,11-24,35-42H2,1-10H3,(H,76,92)(H,77,93)(H,78,95)(H,80,88)(H,81,94)(H,82,91)(H,83,98)(H3,74,75,97)/t46-,47-,53+,54-,56+,57+,58+,62-,63-/m0/s1. The Kier molecular flexibility index (Phi) is 34.8. The second-order valence-corrected chi connectivity index (χ2v) is 27.8. The zero-order chi connectivity index (χ0) is 74.3. The molecule has 10 N–H and O–H groups in total. The Hall–Kier alpha value is -8.86. The summed E-state index contributed by atoms with van der Waals surface area (Å²) in [5.74, 6) is -6.63. The summed E-state index contributed by atoms with van der Waals surface area (Å²) in [7, 11) is 1.93. The van der Waals surface area contributed by atoms with Crippen LogP contribution >= 0.6 is 11.3 Å². The number of carbonyl (C=O) groups excluding carboxylic acids is 12. The van der Waals surface area contributed by atoms with Crippen LogP contribution in [0.4, 0.5) is 19.7 Å². The van der Waals surface area contributed by atoms with E-state index in [9.17, 15) is 57.1 Å². The predicted octanol–water partition coefficient (Wildman–Crippen LogP) is 7.55. The van der Waals surface area contributed by atoms with Crippen LogP contribution in [0, 0.1) is 29.5 Å². The van der Waals surface area contributed by atoms with Crippen LogP contribution in [0.2, 0.25) is 0 Å². The molecule has 101 heavy (non-hydrogen) atoms. The van der Waals surface area contributed by atoms with Crippen molar-refractivity contribution in [3.05, 3.63) is 93.7 Å². The highest BCUT2D eigenvalue weighted by atomic mass is 32.1. The van der Waals surface area contributed by atoms with Crippen molar-refractivity contribution in [1.82, 2.24) is 57.1 Å². The minimum atomic E-state index is -1.12. The molecule has 1 aromatic heterocycles. The number of urea groups is 1. The maximum absolute atomic E-state index is 15.1. The molecular weight excluding hydrogens is 1320 g/mol. The molecule has 29 heteroatoms. The lowest BCUT2D eigenvalue weighted by Crippen LogP contribution is -2.59. The number of esters is 1. The fourth-order valence-electron chi connectivity index (χ4n) is 12.0. The van der Waals surface area contributed by atoms with Crippen LogP contribution in [0.15, 0.2) is 66.1 Å². The van der Waals surface area contributed by atoms with E-state index in [1.807, 2.05) is 44.5 Å².